The second-order valence-electron chi connectivity index (χ2n) is 3.15. The number of hydrogen-bond acceptors (Lipinski definition) is 1. The van der Waals surface area contributed by atoms with Crippen LogP contribution >= 0.6 is 0 Å². The number of ether oxygens (including phenoxy) is 1. The third-order valence-electron chi connectivity index (χ3n) is 2.15. The molecular weight excluding hydrogens is 181 g/mol. The van der Waals surface area contributed by atoms with E-state index in [1.807, 2.05) is 0 Å². The van der Waals surface area contributed by atoms with Crippen molar-refractivity contribution in [3.63, 3.8) is 0 Å². The van der Waals surface area contributed by atoms with Crippen molar-refractivity contribution >= 4 is 0 Å². The lowest BCUT2D eigenvalue weighted by atomic mass is 10.1. The average Bonchev–Trinajstić information content (AvgIpc) is 2.20. The van der Waals surface area contributed by atoms with E-state index in [-0.39, 0.29) is 11.9 Å². The Labute approximate surface area is 83.1 Å². The SMILES string of the molecule is [C-]#[N+]C(C)c1cc(F)c(C)cc1OC. The van der Waals surface area contributed by atoms with Gasteiger partial charge in [-0.3, -0.25) is 0 Å². The summed E-state index contributed by atoms with van der Waals surface area (Å²) in [5.74, 6) is 0.281. The first kappa shape index (κ1) is 10.5. The second kappa shape index (κ2) is 4.10. The molecule has 0 aliphatic carbocycles. The predicted molar refractivity (Wildman–Crippen MR) is 52.7 cm³/mol. The van der Waals surface area contributed by atoms with Crippen LogP contribution in [0.1, 0.15) is 24.1 Å². The van der Waals surface area contributed by atoms with Crippen LogP contribution in [0.4, 0.5) is 4.39 Å². The first-order valence-corrected chi connectivity index (χ1v) is 4.30. The fourth-order valence-electron chi connectivity index (χ4n) is 1.24. The molecule has 0 aliphatic heterocycles. The van der Waals surface area contributed by atoms with E-state index in [1.54, 1.807) is 19.9 Å². The number of hydrogen-bond donors (Lipinski definition) is 0. The van der Waals surface area contributed by atoms with Crippen LogP contribution in [0.5, 0.6) is 5.75 Å². The molecule has 0 radical (unpaired) electrons. The minimum absolute atomic E-state index is 0.295. The summed E-state index contributed by atoms with van der Waals surface area (Å²) in [6.45, 7) is 10.3. The third kappa shape index (κ3) is 1.85. The fourth-order valence-corrected chi connectivity index (χ4v) is 1.24. The van der Waals surface area contributed by atoms with Crippen LogP contribution in [0.25, 0.3) is 4.85 Å². The zero-order valence-corrected chi connectivity index (χ0v) is 8.47. The Bertz CT molecular complexity index is 382. The molecule has 0 aliphatic rings. The van der Waals surface area contributed by atoms with Crippen LogP contribution in [-0.2, 0) is 0 Å². The predicted octanol–water partition coefficient (Wildman–Crippen LogP) is 3.12. The van der Waals surface area contributed by atoms with Crippen LogP contribution in [0, 0.1) is 19.3 Å². The summed E-state index contributed by atoms with van der Waals surface area (Å²) in [6.07, 6.45) is 0. The molecule has 1 rings (SSSR count). The highest BCUT2D eigenvalue weighted by Crippen LogP contribution is 2.29. The summed E-state index contributed by atoms with van der Waals surface area (Å²) in [7, 11) is 1.52. The fraction of sp³-hybridized carbons (Fsp3) is 0.364. The summed E-state index contributed by atoms with van der Waals surface area (Å²) in [4.78, 5) is 3.34. The van der Waals surface area contributed by atoms with Crippen LogP contribution in [-0.4, -0.2) is 7.11 Å². The van der Waals surface area contributed by atoms with E-state index in [0.717, 1.165) is 0 Å². The lowest BCUT2D eigenvalue weighted by Crippen LogP contribution is -1.97. The van der Waals surface area contributed by atoms with Gasteiger partial charge in [0.25, 0.3) is 0 Å². The summed E-state index contributed by atoms with van der Waals surface area (Å²) < 4.78 is 18.3. The number of halogens is 1. The van der Waals surface area contributed by atoms with Gasteiger partial charge in [0, 0.05) is 6.92 Å². The van der Waals surface area contributed by atoms with Crippen molar-refractivity contribution in [2.45, 2.75) is 19.9 Å². The van der Waals surface area contributed by atoms with Crippen molar-refractivity contribution in [1.82, 2.24) is 0 Å². The van der Waals surface area contributed by atoms with E-state index < -0.39 is 0 Å². The van der Waals surface area contributed by atoms with Gasteiger partial charge in [0.2, 0.25) is 6.04 Å². The molecule has 1 aromatic carbocycles. The third-order valence-corrected chi connectivity index (χ3v) is 2.15. The summed E-state index contributed by atoms with van der Waals surface area (Å²) in [6, 6.07) is 2.61. The Hall–Kier alpha value is -1.56. The molecule has 14 heavy (non-hydrogen) atoms. The lowest BCUT2D eigenvalue weighted by Gasteiger charge is -2.09. The molecule has 1 unspecified atom stereocenters. The molecule has 0 amide bonds. The van der Waals surface area contributed by atoms with Crippen LogP contribution in [0.15, 0.2) is 12.1 Å². The highest BCUT2D eigenvalue weighted by Gasteiger charge is 2.17. The smallest absolute Gasteiger partial charge is 0.249 e. The largest absolute Gasteiger partial charge is 0.496 e. The lowest BCUT2D eigenvalue weighted by molar-refractivity contribution is 0.406. The van der Waals surface area contributed by atoms with Crippen molar-refractivity contribution in [2.24, 2.45) is 0 Å². The molecule has 1 atom stereocenters. The van der Waals surface area contributed by atoms with Crippen molar-refractivity contribution in [1.29, 1.82) is 0 Å². The first-order chi connectivity index (χ1) is 6.60. The molecule has 1 aromatic rings. The standard InChI is InChI=1S/C11H12FNO/c1-7-5-11(14-4)9(6-10(7)12)8(2)13-3/h5-6,8H,1-2,4H3. The number of benzene rings is 1. The molecule has 0 saturated heterocycles. The first-order valence-electron chi connectivity index (χ1n) is 4.30. The average molecular weight is 193 g/mol. The zero-order valence-electron chi connectivity index (χ0n) is 8.47. The summed E-state index contributed by atoms with van der Waals surface area (Å²) in [5.41, 5.74) is 1.13. The molecule has 3 heteroatoms. The maximum atomic E-state index is 13.2. The van der Waals surface area contributed by atoms with Gasteiger partial charge in [-0.25, -0.2) is 11.0 Å². The van der Waals surface area contributed by atoms with E-state index in [2.05, 4.69) is 4.85 Å². The van der Waals surface area contributed by atoms with Gasteiger partial charge in [0.15, 0.2) is 0 Å². The monoisotopic (exact) mass is 193 g/mol. The Morgan fingerprint density at radius 2 is 2.14 bits per heavy atom. The van der Waals surface area contributed by atoms with Crippen molar-refractivity contribution in [3.8, 4) is 5.75 Å². The van der Waals surface area contributed by atoms with Gasteiger partial charge < -0.3 is 9.58 Å². The molecule has 2 nitrogen and oxygen atoms in total. The minimum atomic E-state index is -0.375. The van der Waals surface area contributed by atoms with Crippen LogP contribution in [0.2, 0.25) is 0 Å². The van der Waals surface area contributed by atoms with Gasteiger partial charge in [-0.1, -0.05) is 0 Å². The molecule has 0 aromatic heterocycles. The zero-order chi connectivity index (χ0) is 10.7. The number of rotatable bonds is 2. The van der Waals surface area contributed by atoms with Crippen molar-refractivity contribution in [2.75, 3.05) is 7.11 Å². The molecule has 0 N–H and O–H groups in total. The van der Waals surface area contributed by atoms with E-state index in [9.17, 15) is 4.39 Å². The van der Waals surface area contributed by atoms with Crippen molar-refractivity contribution < 1.29 is 9.13 Å². The Balaban J connectivity index is 3.28. The maximum absolute atomic E-state index is 13.2. The summed E-state index contributed by atoms with van der Waals surface area (Å²) >= 11 is 0. The second-order valence-corrected chi connectivity index (χ2v) is 3.15. The van der Waals surface area contributed by atoms with Crippen LogP contribution < -0.4 is 4.74 Å². The van der Waals surface area contributed by atoms with Gasteiger partial charge in [0.1, 0.15) is 11.6 Å². The van der Waals surface area contributed by atoms with Crippen molar-refractivity contribution in [3.05, 3.63) is 40.5 Å². The van der Waals surface area contributed by atoms with E-state index in [1.165, 1.54) is 13.2 Å². The molecule has 0 bridgehead atoms. The quantitative estimate of drug-likeness (QED) is 0.658. The van der Waals surface area contributed by atoms with Gasteiger partial charge in [-0.15, -0.1) is 0 Å². The molecule has 74 valence electrons. The van der Waals surface area contributed by atoms with Gasteiger partial charge in [-0.05, 0) is 24.6 Å². The number of methoxy groups -OCH3 is 1. The maximum Gasteiger partial charge on any atom is 0.249 e. The van der Waals surface area contributed by atoms with Crippen LogP contribution in [0.3, 0.4) is 0 Å². The molecule has 0 fully saturated rings. The normalized spacial score (nSPS) is 11.9. The highest BCUT2D eigenvalue weighted by molar-refractivity contribution is 5.40. The number of nitrogens with zero attached hydrogens (tertiary/aromatic N) is 1. The molecule has 0 heterocycles. The van der Waals surface area contributed by atoms with E-state index in [4.69, 9.17) is 11.3 Å². The van der Waals surface area contributed by atoms with Gasteiger partial charge in [0.05, 0.1) is 12.7 Å². The Morgan fingerprint density at radius 1 is 1.50 bits per heavy atom. The molecular formula is C11H12FNO. The van der Waals surface area contributed by atoms with Gasteiger partial charge in [-0.2, -0.15) is 0 Å². The van der Waals surface area contributed by atoms with E-state index in [0.29, 0.717) is 16.9 Å². The van der Waals surface area contributed by atoms with E-state index >= 15 is 0 Å². The highest BCUT2D eigenvalue weighted by atomic mass is 19.1. The Morgan fingerprint density at radius 3 is 2.64 bits per heavy atom. The minimum Gasteiger partial charge on any atom is -0.496 e. The van der Waals surface area contributed by atoms with Gasteiger partial charge >= 0.3 is 0 Å². The number of aryl methyl sites for hydroxylation is 1. The molecule has 0 spiro atoms. The topological polar surface area (TPSA) is 13.6 Å². The Kier molecular flexibility index (Phi) is 3.08. The summed E-state index contributed by atoms with van der Waals surface area (Å²) in [5, 5.41) is 0. The molecule has 0 saturated carbocycles.